The predicted molar refractivity (Wildman–Crippen MR) is 49.1 cm³/mol. The molecule has 2 heterocycles. The number of nitrogens with zero attached hydrogens (tertiary/aromatic N) is 2. The van der Waals surface area contributed by atoms with E-state index in [1.54, 1.807) is 0 Å². The zero-order chi connectivity index (χ0) is 9.97. The third-order valence-electron chi connectivity index (χ3n) is 2.19. The van der Waals surface area contributed by atoms with Gasteiger partial charge in [-0.15, -0.1) is 0 Å². The number of carbonyl (C=O) groups is 1. The third kappa shape index (κ3) is 1.73. The number of carbonyl (C=O) groups excluding carboxylic acids is 1. The number of amides is 1. The minimum atomic E-state index is -0.222. The van der Waals surface area contributed by atoms with Crippen LogP contribution in [0, 0.1) is 5.92 Å². The van der Waals surface area contributed by atoms with E-state index in [0.717, 1.165) is 6.54 Å². The Morgan fingerprint density at radius 2 is 2.57 bits per heavy atom. The Bertz CT molecular complexity index is 310. The second-order valence-electron chi connectivity index (χ2n) is 3.30. The topological polar surface area (TPSA) is 94.7 Å². The van der Waals surface area contributed by atoms with E-state index in [1.807, 2.05) is 6.92 Å². The highest BCUT2D eigenvalue weighted by Crippen LogP contribution is 2.08. The van der Waals surface area contributed by atoms with Crippen molar-refractivity contribution < 1.29 is 4.79 Å². The normalized spacial score (nSPS) is 26.4. The van der Waals surface area contributed by atoms with Gasteiger partial charge in [0.1, 0.15) is 12.4 Å². The molecule has 2 unspecified atom stereocenters. The first-order valence-corrected chi connectivity index (χ1v) is 4.42. The highest BCUT2D eigenvalue weighted by Gasteiger charge is 2.29. The lowest BCUT2D eigenvalue weighted by Crippen LogP contribution is -2.41. The molecule has 1 saturated heterocycles. The lowest BCUT2D eigenvalue weighted by Gasteiger charge is -2.12. The molecule has 1 aliphatic rings. The maximum absolute atomic E-state index is 11.6. The van der Waals surface area contributed by atoms with E-state index in [1.165, 1.54) is 6.33 Å². The summed E-state index contributed by atoms with van der Waals surface area (Å²) in [5.74, 6) is 0.521. The molecular weight excluding hydrogens is 184 g/mol. The first-order valence-electron chi connectivity index (χ1n) is 4.42. The number of aromatic nitrogens is 3. The van der Waals surface area contributed by atoms with Crippen LogP contribution in [-0.2, 0) is 4.79 Å². The maximum Gasteiger partial charge on any atom is 0.245 e. The molecule has 14 heavy (non-hydrogen) atoms. The van der Waals surface area contributed by atoms with Gasteiger partial charge in [-0.2, -0.15) is 10.1 Å². The Morgan fingerprint density at radius 1 is 1.71 bits per heavy atom. The summed E-state index contributed by atoms with van der Waals surface area (Å²) in [6.07, 6.45) is 1.35. The number of hydrogen-bond acceptors (Lipinski definition) is 5. The Balaban J connectivity index is 1.95. The quantitative estimate of drug-likeness (QED) is 0.479. The molecule has 7 heteroatoms. The summed E-state index contributed by atoms with van der Waals surface area (Å²) in [5.41, 5.74) is 5.82. The fraction of sp³-hybridized carbons (Fsp3) is 0.571. The van der Waals surface area contributed by atoms with Gasteiger partial charge in [-0.25, -0.2) is 10.5 Å². The largest absolute Gasteiger partial charge is 0.293 e. The van der Waals surface area contributed by atoms with Crippen molar-refractivity contribution in [3.05, 3.63) is 6.33 Å². The summed E-state index contributed by atoms with van der Waals surface area (Å²) >= 11 is 0. The van der Waals surface area contributed by atoms with Crippen LogP contribution in [0.3, 0.4) is 0 Å². The van der Waals surface area contributed by atoms with Gasteiger partial charge in [-0.05, 0) is 5.92 Å². The van der Waals surface area contributed by atoms with Crippen LogP contribution in [0.25, 0.3) is 0 Å². The molecule has 1 fully saturated rings. The lowest BCUT2D eigenvalue weighted by molar-refractivity contribution is -0.118. The maximum atomic E-state index is 11.6. The molecule has 0 saturated carbocycles. The molecule has 0 aromatic carbocycles. The summed E-state index contributed by atoms with van der Waals surface area (Å²) in [6.45, 7) is 2.78. The number of aromatic amines is 1. The molecule has 1 amide bonds. The van der Waals surface area contributed by atoms with E-state index in [0.29, 0.717) is 5.95 Å². The summed E-state index contributed by atoms with van der Waals surface area (Å²) in [6, 6.07) is -0.222. The van der Waals surface area contributed by atoms with Gasteiger partial charge in [0, 0.05) is 6.54 Å². The van der Waals surface area contributed by atoms with Crippen LogP contribution < -0.4 is 16.2 Å². The minimum absolute atomic E-state index is 0.112. The van der Waals surface area contributed by atoms with Crippen molar-refractivity contribution in [2.75, 3.05) is 11.9 Å². The van der Waals surface area contributed by atoms with Gasteiger partial charge in [0.05, 0.1) is 0 Å². The Morgan fingerprint density at radius 3 is 3.14 bits per heavy atom. The highest BCUT2D eigenvalue weighted by atomic mass is 16.2. The second kappa shape index (κ2) is 3.72. The first kappa shape index (κ1) is 9.10. The monoisotopic (exact) mass is 196 g/mol. The number of anilines is 1. The lowest BCUT2D eigenvalue weighted by atomic mass is 10.0. The minimum Gasteiger partial charge on any atom is -0.293 e. The van der Waals surface area contributed by atoms with Gasteiger partial charge in [-0.3, -0.25) is 15.5 Å². The van der Waals surface area contributed by atoms with E-state index in [2.05, 4.69) is 31.3 Å². The molecule has 76 valence electrons. The van der Waals surface area contributed by atoms with Crippen LogP contribution in [0.4, 0.5) is 5.95 Å². The van der Waals surface area contributed by atoms with E-state index < -0.39 is 0 Å². The van der Waals surface area contributed by atoms with Crippen molar-refractivity contribution in [3.8, 4) is 0 Å². The van der Waals surface area contributed by atoms with Crippen LogP contribution in [0.1, 0.15) is 6.92 Å². The molecule has 1 aromatic heterocycles. The molecule has 4 N–H and O–H groups in total. The van der Waals surface area contributed by atoms with E-state index in [9.17, 15) is 4.79 Å². The fourth-order valence-corrected chi connectivity index (χ4v) is 1.37. The summed E-state index contributed by atoms with van der Waals surface area (Å²) in [5, 5.41) is 8.82. The van der Waals surface area contributed by atoms with Gasteiger partial charge in [0.2, 0.25) is 11.9 Å². The van der Waals surface area contributed by atoms with Crippen LogP contribution >= 0.6 is 0 Å². The SMILES string of the molecule is CC1CNNC1C(=O)Nc1ncn[nH]1. The zero-order valence-corrected chi connectivity index (χ0v) is 7.74. The van der Waals surface area contributed by atoms with E-state index in [4.69, 9.17) is 0 Å². The van der Waals surface area contributed by atoms with E-state index >= 15 is 0 Å². The van der Waals surface area contributed by atoms with Crippen molar-refractivity contribution in [1.82, 2.24) is 26.0 Å². The molecule has 2 rings (SSSR count). The number of hydrogen-bond donors (Lipinski definition) is 4. The number of nitrogens with one attached hydrogen (secondary N) is 4. The van der Waals surface area contributed by atoms with Crippen molar-refractivity contribution in [2.24, 2.45) is 5.92 Å². The molecule has 2 atom stereocenters. The van der Waals surface area contributed by atoms with Crippen LogP contribution in [0.5, 0.6) is 0 Å². The molecule has 0 radical (unpaired) electrons. The van der Waals surface area contributed by atoms with Gasteiger partial charge in [-0.1, -0.05) is 6.92 Å². The second-order valence-corrected chi connectivity index (χ2v) is 3.30. The molecule has 1 aliphatic heterocycles. The molecule has 7 nitrogen and oxygen atoms in total. The van der Waals surface area contributed by atoms with Crippen LogP contribution in [-0.4, -0.2) is 33.7 Å². The van der Waals surface area contributed by atoms with Crippen LogP contribution in [0.15, 0.2) is 6.33 Å². The van der Waals surface area contributed by atoms with Crippen molar-refractivity contribution in [2.45, 2.75) is 13.0 Å². The Hall–Kier alpha value is -1.47. The van der Waals surface area contributed by atoms with E-state index in [-0.39, 0.29) is 17.9 Å². The molecular formula is C7H12N6O. The highest BCUT2D eigenvalue weighted by molar-refractivity contribution is 5.93. The van der Waals surface area contributed by atoms with Crippen molar-refractivity contribution in [3.63, 3.8) is 0 Å². The van der Waals surface area contributed by atoms with Gasteiger partial charge < -0.3 is 0 Å². The molecule has 0 bridgehead atoms. The zero-order valence-electron chi connectivity index (χ0n) is 7.74. The summed E-state index contributed by atoms with van der Waals surface area (Å²) in [4.78, 5) is 15.4. The average molecular weight is 196 g/mol. The predicted octanol–water partition coefficient (Wildman–Crippen LogP) is -1.14. The standard InChI is InChI=1S/C7H12N6O/c1-4-2-9-12-5(4)6(14)11-7-8-3-10-13-7/h3-5,9,12H,2H2,1H3,(H2,8,10,11,13,14). The average Bonchev–Trinajstić information content (AvgIpc) is 2.75. The fourth-order valence-electron chi connectivity index (χ4n) is 1.37. The molecule has 0 aliphatic carbocycles. The number of hydrazine groups is 1. The van der Waals surface area contributed by atoms with Crippen LogP contribution in [0.2, 0.25) is 0 Å². The third-order valence-corrected chi connectivity index (χ3v) is 2.19. The first-order chi connectivity index (χ1) is 6.77. The Kier molecular flexibility index (Phi) is 2.42. The van der Waals surface area contributed by atoms with Gasteiger partial charge >= 0.3 is 0 Å². The smallest absolute Gasteiger partial charge is 0.245 e. The van der Waals surface area contributed by atoms with Crippen molar-refractivity contribution >= 4 is 11.9 Å². The van der Waals surface area contributed by atoms with Gasteiger partial charge in [0.25, 0.3) is 0 Å². The number of H-pyrrole nitrogens is 1. The number of rotatable bonds is 2. The Labute approximate surface area is 80.6 Å². The molecule has 1 aromatic rings. The molecule has 0 spiro atoms. The summed E-state index contributed by atoms with van der Waals surface area (Å²) in [7, 11) is 0. The van der Waals surface area contributed by atoms with Crippen molar-refractivity contribution in [1.29, 1.82) is 0 Å². The summed E-state index contributed by atoms with van der Waals surface area (Å²) < 4.78 is 0. The van der Waals surface area contributed by atoms with Gasteiger partial charge in [0.15, 0.2) is 0 Å².